The van der Waals surface area contributed by atoms with Crippen LogP contribution in [0, 0.1) is 6.92 Å². The van der Waals surface area contributed by atoms with E-state index in [-0.39, 0.29) is 5.91 Å². The van der Waals surface area contributed by atoms with E-state index in [1.807, 2.05) is 54.0 Å². The third-order valence-corrected chi connectivity index (χ3v) is 6.18. The first kappa shape index (κ1) is 18.9. The van der Waals surface area contributed by atoms with E-state index in [9.17, 15) is 4.79 Å². The van der Waals surface area contributed by atoms with Gasteiger partial charge in [0.2, 0.25) is 0 Å². The number of hydrogen-bond donors (Lipinski definition) is 0. The minimum Gasteiger partial charge on any atom is -0.497 e. The Hall–Kier alpha value is -3.13. The molecule has 8 heteroatoms. The number of carbonyl (C=O) groups excluding carboxylic acids is 1. The lowest BCUT2D eigenvalue weighted by molar-refractivity contribution is 0.0579. The highest BCUT2D eigenvalue weighted by atomic mass is 16.5. The van der Waals surface area contributed by atoms with Crippen molar-refractivity contribution in [3.63, 3.8) is 0 Å². The number of nitrogens with zero attached hydrogens (tertiary/aromatic N) is 5. The van der Waals surface area contributed by atoms with Gasteiger partial charge in [-0.2, -0.15) is 5.10 Å². The first-order valence-corrected chi connectivity index (χ1v) is 10.2. The Kier molecular flexibility index (Phi) is 4.58. The van der Waals surface area contributed by atoms with Crippen LogP contribution in [0.3, 0.4) is 0 Å². The first-order chi connectivity index (χ1) is 14.6. The molecule has 0 spiro atoms. The van der Waals surface area contributed by atoms with E-state index in [1.165, 1.54) is 5.69 Å². The zero-order chi connectivity index (χ0) is 20.8. The Labute approximate surface area is 175 Å². The van der Waals surface area contributed by atoms with Crippen LogP contribution in [0.5, 0.6) is 5.75 Å². The predicted octanol–water partition coefficient (Wildman–Crippen LogP) is 2.24. The number of amides is 1. The maximum atomic E-state index is 13.3. The van der Waals surface area contributed by atoms with E-state index in [1.54, 1.807) is 7.11 Å². The first-order valence-electron chi connectivity index (χ1n) is 10.2. The van der Waals surface area contributed by atoms with Crippen LogP contribution in [0.1, 0.15) is 39.2 Å². The number of fused-ring (bicyclic) bond motifs is 1. The summed E-state index contributed by atoms with van der Waals surface area (Å²) in [6.07, 6.45) is 2.65. The summed E-state index contributed by atoms with van der Waals surface area (Å²) in [5.74, 6) is 2.06. The molecule has 5 rings (SSSR count). The van der Waals surface area contributed by atoms with Crippen molar-refractivity contribution in [3.05, 3.63) is 58.9 Å². The molecular formula is C22H25N5O3. The Morgan fingerprint density at radius 1 is 1.23 bits per heavy atom. The fourth-order valence-corrected chi connectivity index (χ4v) is 4.23. The number of rotatable bonds is 4. The highest BCUT2D eigenvalue weighted by molar-refractivity contribution is 5.94. The fourth-order valence-electron chi connectivity index (χ4n) is 4.23. The molecule has 1 saturated heterocycles. The van der Waals surface area contributed by atoms with Crippen molar-refractivity contribution in [2.45, 2.75) is 25.9 Å². The van der Waals surface area contributed by atoms with Gasteiger partial charge in [0.15, 0.2) is 5.69 Å². The Morgan fingerprint density at radius 3 is 2.67 bits per heavy atom. The molecule has 2 aliphatic heterocycles. The highest BCUT2D eigenvalue weighted by Gasteiger charge is 2.37. The van der Waals surface area contributed by atoms with Gasteiger partial charge in [0, 0.05) is 49.9 Å². The molecule has 30 heavy (non-hydrogen) atoms. The van der Waals surface area contributed by atoms with Gasteiger partial charge >= 0.3 is 0 Å². The fraction of sp³-hybridized carbons (Fsp3) is 0.409. The molecule has 0 atom stereocenters. The van der Waals surface area contributed by atoms with Crippen molar-refractivity contribution >= 4 is 5.91 Å². The van der Waals surface area contributed by atoms with Crippen LogP contribution >= 0.6 is 0 Å². The number of aromatic nitrogens is 4. The van der Waals surface area contributed by atoms with E-state index >= 15 is 0 Å². The molecule has 0 unspecified atom stereocenters. The quantitative estimate of drug-likeness (QED) is 0.663. The smallest absolute Gasteiger partial charge is 0.274 e. The average Bonchev–Trinajstić information content (AvgIpc) is 3.28. The summed E-state index contributed by atoms with van der Waals surface area (Å²) < 4.78 is 14.9. The molecule has 1 aromatic carbocycles. The maximum absolute atomic E-state index is 13.3. The largest absolute Gasteiger partial charge is 0.497 e. The zero-order valence-corrected chi connectivity index (χ0v) is 17.5. The number of hydrogen-bond acceptors (Lipinski definition) is 5. The predicted molar refractivity (Wildman–Crippen MR) is 110 cm³/mol. The molecule has 2 aromatic heterocycles. The van der Waals surface area contributed by atoms with Gasteiger partial charge in [0.05, 0.1) is 31.7 Å². The van der Waals surface area contributed by atoms with Crippen LogP contribution in [-0.2, 0) is 24.8 Å². The van der Waals surface area contributed by atoms with Crippen molar-refractivity contribution in [3.8, 4) is 11.4 Å². The number of methoxy groups -OCH3 is 1. The molecule has 156 valence electrons. The summed E-state index contributed by atoms with van der Waals surface area (Å²) in [5, 5.41) is 4.73. The number of likely N-dealkylation sites (tertiary alicyclic amines) is 1. The Morgan fingerprint density at radius 2 is 2.00 bits per heavy atom. The van der Waals surface area contributed by atoms with Crippen LogP contribution in [-0.4, -0.2) is 56.9 Å². The number of carbonyl (C=O) groups is 1. The summed E-state index contributed by atoms with van der Waals surface area (Å²) >= 11 is 0. The minimum absolute atomic E-state index is 0.0286. The molecule has 2 aliphatic rings. The van der Waals surface area contributed by atoms with Crippen LogP contribution in [0.4, 0.5) is 0 Å². The number of aryl methyl sites for hydroxylation is 1. The van der Waals surface area contributed by atoms with E-state index < -0.39 is 0 Å². The third kappa shape index (κ3) is 2.99. The van der Waals surface area contributed by atoms with Crippen molar-refractivity contribution in [1.29, 1.82) is 0 Å². The van der Waals surface area contributed by atoms with E-state index in [2.05, 4.69) is 9.55 Å². The second-order valence-corrected chi connectivity index (χ2v) is 7.88. The van der Waals surface area contributed by atoms with Crippen molar-refractivity contribution in [2.24, 2.45) is 7.05 Å². The molecule has 0 bridgehead atoms. The third-order valence-electron chi connectivity index (χ3n) is 6.18. The normalized spacial score (nSPS) is 16.3. The number of benzene rings is 1. The summed E-state index contributed by atoms with van der Waals surface area (Å²) in [4.78, 5) is 19.5. The van der Waals surface area contributed by atoms with Gasteiger partial charge in [-0.15, -0.1) is 0 Å². The standard InChI is InChI=1S/C22H25N5O3/c1-14-23-10-20(25(14)2)15-11-26(12-15)22(28)21-18-13-30-9-8-19(18)27(24-21)16-4-6-17(29-3)7-5-16/h4-7,10,15H,8-9,11-13H2,1-3H3. The monoisotopic (exact) mass is 407 g/mol. The molecule has 3 aromatic rings. The molecule has 1 amide bonds. The number of imidazole rings is 1. The summed E-state index contributed by atoms with van der Waals surface area (Å²) in [7, 11) is 3.67. The molecule has 0 N–H and O–H groups in total. The average molecular weight is 407 g/mol. The van der Waals surface area contributed by atoms with Crippen molar-refractivity contribution < 1.29 is 14.3 Å². The molecule has 4 heterocycles. The van der Waals surface area contributed by atoms with Crippen LogP contribution < -0.4 is 4.74 Å². The van der Waals surface area contributed by atoms with Gasteiger partial charge in [-0.3, -0.25) is 4.79 Å². The van der Waals surface area contributed by atoms with Crippen LogP contribution in [0.25, 0.3) is 5.69 Å². The molecule has 0 saturated carbocycles. The van der Waals surface area contributed by atoms with Crippen LogP contribution in [0.15, 0.2) is 30.5 Å². The highest BCUT2D eigenvalue weighted by Crippen LogP contribution is 2.31. The van der Waals surface area contributed by atoms with Gasteiger partial charge in [0.25, 0.3) is 5.91 Å². The van der Waals surface area contributed by atoms with E-state index in [0.29, 0.717) is 37.9 Å². The summed E-state index contributed by atoms with van der Waals surface area (Å²) in [5.41, 5.74) is 4.54. The van der Waals surface area contributed by atoms with Gasteiger partial charge in [-0.05, 0) is 31.2 Å². The Bertz CT molecular complexity index is 1090. The zero-order valence-electron chi connectivity index (χ0n) is 17.5. The topological polar surface area (TPSA) is 74.4 Å². The van der Waals surface area contributed by atoms with Gasteiger partial charge in [-0.25, -0.2) is 9.67 Å². The molecule has 1 fully saturated rings. The van der Waals surface area contributed by atoms with E-state index in [4.69, 9.17) is 14.6 Å². The van der Waals surface area contributed by atoms with Gasteiger partial charge in [0.1, 0.15) is 11.6 Å². The number of ether oxygens (including phenoxy) is 2. The second kappa shape index (κ2) is 7.28. The maximum Gasteiger partial charge on any atom is 0.274 e. The van der Waals surface area contributed by atoms with Crippen molar-refractivity contribution in [1.82, 2.24) is 24.2 Å². The SMILES string of the molecule is COc1ccc(-n2nc(C(=O)N3CC(c4cnc(C)n4C)C3)c3c2CCOC3)cc1. The molecule has 8 nitrogen and oxygen atoms in total. The molecule has 0 radical (unpaired) electrons. The summed E-state index contributed by atoms with van der Waals surface area (Å²) in [6.45, 7) is 4.41. The minimum atomic E-state index is -0.0286. The Balaban J connectivity index is 1.41. The lowest BCUT2D eigenvalue weighted by Gasteiger charge is -2.39. The van der Waals surface area contributed by atoms with Gasteiger partial charge in [-0.1, -0.05) is 0 Å². The molecular weight excluding hydrogens is 382 g/mol. The lowest BCUT2D eigenvalue weighted by atomic mass is 9.95. The lowest BCUT2D eigenvalue weighted by Crippen LogP contribution is -2.49. The second-order valence-electron chi connectivity index (χ2n) is 7.88. The van der Waals surface area contributed by atoms with Crippen LogP contribution in [0.2, 0.25) is 0 Å². The van der Waals surface area contributed by atoms with Gasteiger partial charge < -0.3 is 18.9 Å². The molecule has 0 aliphatic carbocycles. The van der Waals surface area contributed by atoms with Crippen molar-refractivity contribution in [2.75, 3.05) is 26.8 Å². The van der Waals surface area contributed by atoms with E-state index in [0.717, 1.165) is 34.9 Å². The summed E-state index contributed by atoms with van der Waals surface area (Å²) in [6, 6.07) is 7.72.